The summed E-state index contributed by atoms with van der Waals surface area (Å²) < 4.78 is 25.4. The Morgan fingerprint density at radius 2 is 1.83 bits per heavy atom. The van der Waals surface area contributed by atoms with Crippen LogP contribution in [-0.4, -0.2) is 32.7 Å². The third-order valence-corrected chi connectivity index (χ3v) is 6.68. The second-order valence-electron chi connectivity index (χ2n) is 6.96. The summed E-state index contributed by atoms with van der Waals surface area (Å²) in [5.74, 6) is -0.146. The average Bonchev–Trinajstić information content (AvgIpc) is 3.01. The first-order chi connectivity index (χ1) is 13.8. The number of nitrogens with zero attached hydrogens (tertiary/aromatic N) is 1. The van der Waals surface area contributed by atoms with Gasteiger partial charge in [-0.1, -0.05) is 24.3 Å². The summed E-state index contributed by atoms with van der Waals surface area (Å²) in [5, 5.41) is 5.39. The largest absolute Gasteiger partial charge is 0.352 e. The van der Waals surface area contributed by atoms with Gasteiger partial charge in [0.25, 0.3) is 0 Å². The molecule has 0 radical (unpaired) electrons. The van der Waals surface area contributed by atoms with Crippen LogP contribution in [0.5, 0.6) is 0 Å². The molecular formula is C20H24N4O4S. The molecule has 9 heteroatoms. The molecular weight excluding hydrogens is 392 g/mol. The lowest BCUT2D eigenvalue weighted by Gasteiger charge is -2.20. The van der Waals surface area contributed by atoms with Gasteiger partial charge in [0.1, 0.15) is 0 Å². The van der Waals surface area contributed by atoms with Crippen molar-refractivity contribution in [1.82, 2.24) is 5.32 Å². The van der Waals surface area contributed by atoms with Crippen molar-refractivity contribution in [2.75, 3.05) is 21.9 Å². The van der Waals surface area contributed by atoms with E-state index in [9.17, 15) is 18.0 Å². The van der Waals surface area contributed by atoms with Crippen molar-refractivity contribution >= 4 is 33.3 Å². The third-order valence-electron chi connectivity index (χ3n) is 4.81. The fraction of sp³-hybridized carbons (Fsp3) is 0.300. The SMILES string of the molecule is Cc1ccccc1C(CC(=O)Nc1ccc(N2CCCS2(=O)=O)cc1)NC(N)=O. The number of hydrogen-bond acceptors (Lipinski definition) is 4. The van der Waals surface area contributed by atoms with E-state index in [1.54, 1.807) is 24.3 Å². The fourth-order valence-electron chi connectivity index (χ4n) is 3.43. The topological polar surface area (TPSA) is 122 Å². The van der Waals surface area contributed by atoms with Gasteiger partial charge in [0, 0.05) is 12.2 Å². The Morgan fingerprint density at radius 1 is 1.14 bits per heavy atom. The van der Waals surface area contributed by atoms with Gasteiger partial charge in [-0.15, -0.1) is 0 Å². The van der Waals surface area contributed by atoms with Gasteiger partial charge in [0.2, 0.25) is 15.9 Å². The Kier molecular flexibility index (Phi) is 6.07. The average molecular weight is 417 g/mol. The number of nitrogens with one attached hydrogen (secondary N) is 2. The Bertz CT molecular complexity index is 1010. The van der Waals surface area contributed by atoms with Gasteiger partial charge in [-0.3, -0.25) is 9.10 Å². The molecule has 2 aromatic rings. The minimum atomic E-state index is -3.24. The van der Waals surface area contributed by atoms with Gasteiger partial charge < -0.3 is 16.4 Å². The van der Waals surface area contributed by atoms with Crippen molar-refractivity contribution in [3.63, 3.8) is 0 Å². The Morgan fingerprint density at radius 3 is 2.41 bits per heavy atom. The monoisotopic (exact) mass is 416 g/mol. The number of amides is 3. The van der Waals surface area contributed by atoms with Crippen molar-refractivity contribution in [2.45, 2.75) is 25.8 Å². The Balaban J connectivity index is 1.68. The van der Waals surface area contributed by atoms with Crippen molar-refractivity contribution in [3.05, 3.63) is 59.7 Å². The van der Waals surface area contributed by atoms with Crippen LogP contribution >= 0.6 is 0 Å². The van der Waals surface area contributed by atoms with Crippen molar-refractivity contribution in [2.24, 2.45) is 5.73 Å². The third kappa shape index (κ3) is 5.05. The molecule has 1 heterocycles. The number of carbonyl (C=O) groups excluding carboxylic acids is 2. The van der Waals surface area contributed by atoms with Crippen LogP contribution < -0.4 is 20.7 Å². The minimum Gasteiger partial charge on any atom is -0.352 e. The highest BCUT2D eigenvalue weighted by Crippen LogP contribution is 2.26. The van der Waals surface area contributed by atoms with E-state index < -0.39 is 22.1 Å². The van der Waals surface area contributed by atoms with Crippen LogP contribution in [0.15, 0.2) is 48.5 Å². The van der Waals surface area contributed by atoms with Gasteiger partial charge in [-0.25, -0.2) is 13.2 Å². The van der Waals surface area contributed by atoms with Gasteiger partial charge in [0.15, 0.2) is 0 Å². The molecule has 3 rings (SSSR count). The lowest BCUT2D eigenvalue weighted by atomic mass is 9.98. The summed E-state index contributed by atoms with van der Waals surface area (Å²) in [6.45, 7) is 2.36. The van der Waals surface area contributed by atoms with E-state index in [4.69, 9.17) is 5.73 Å². The molecule has 0 aliphatic carbocycles. The second-order valence-corrected chi connectivity index (χ2v) is 8.97. The van der Waals surface area contributed by atoms with E-state index >= 15 is 0 Å². The first-order valence-corrected chi connectivity index (χ1v) is 10.9. The number of rotatable bonds is 6. The zero-order chi connectivity index (χ0) is 21.0. The summed E-state index contributed by atoms with van der Waals surface area (Å²) in [5.41, 5.74) is 8.14. The Labute approximate surface area is 170 Å². The van der Waals surface area contributed by atoms with Gasteiger partial charge in [-0.05, 0) is 48.7 Å². The highest BCUT2D eigenvalue weighted by molar-refractivity contribution is 7.93. The maximum atomic E-state index is 12.5. The molecule has 1 unspecified atom stereocenters. The first kappa shape index (κ1) is 20.7. The minimum absolute atomic E-state index is 0.00997. The molecule has 1 aliphatic rings. The quantitative estimate of drug-likeness (QED) is 0.669. The van der Waals surface area contributed by atoms with Crippen molar-refractivity contribution < 1.29 is 18.0 Å². The van der Waals surface area contributed by atoms with E-state index in [2.05, 4.69) is 10.6 Å². The van der Waals surface area contributed by atoms with E-state index in [0.717, 1.165) is 11.1 Å². The van der Waals surface area contributed by atoms with Crippen molar-refractivity contribution in [3.8, 4) is 0 Å². The smallest absolute Gasteiger partial charge is 0.312 e. The number of carbonyl (C=O) groups is 2. The molecule has 3 amide bonds. The maximum Gasteiger partial charge on any atom is 0.312 e. The number of aryl methyl sites for hydroxylation is 1. The summed E-state index contributed by atoms with van der Waals surface area (Å²) in [4.78, 5) is 23.9. The normalized spacial score (nSPS) is 16.2. The molecule has 8 nitrogen and oxygen atoms in total. The zero-order valence-electron chi connectivity index (χ0n) is 16.1. The highest BCUT2D eigenvalue weighted by atomic mass is 32.2. The van der Waals surface area contributed by atoms with Crippen LogP contribution in [0.3, 0.4) is 0 Å². The van der Waals surface area contributed by atoms with Gasteiger partial charge >= 0.3 is 6.03 Å². The molecule has 2 aromatic carbocycles. The van der Waals surface area contributed by atoms with Crippen molar-refractivity contribution in [1.29, 1.82) is 0 Å². The lowest BCUT2D eigenvalue weighted by Crippen LogP contribution is -2.35. The molecule has 0 bridgehead atoms. The van der Waals surface area contributed by atoms with Gasteiger partial charge in [-0.2, -0.15) is 0 Å². The molecule has 29 heavy (non-hydrogen) atoms. The predicted molar refractivity (Wildman–Crippen MR) is 112 cm³/mol. The molecule has 0 spiro atoms. The van der Waals surface area contributed by atoms with Gasteiger partial charge in [0.05, 0.1) is 23.9 Å². The number of primary amides is 1. The number of hydrogen-bond donors (Lipinski definition) is 3. The molecule has 0 aromatic heterocycles. The number of sulfonamides is 1. The second kappa shape index (κ2) is 8.52. The van der Waals surface area contributed by atoms with E-state index in [0.29, 0.717) is 24.3 Å². The maximum absolute atomic E-state index is 12.5. The zero-order valence-corrected chi connectivity index (χ0v) is 16.9. The molecule has 0 saturated carbocycles. The number of benzene rings is 2. The lowest BCUT2D eigenvalue weighted by molar-refractivity contribution is -0.116. The Hall–Kier alpha value is -3.07. The van der Waals surface area contributed by atoms with Crippen LogP contribution in [0.1, 0.15) is 30.0 Å². The summed E-state index contributed by atoms with van der Waals surface area (Å²) >= 11 is 0. The van der Waals surface area contributed by atoms with Crippen LogP contribution in [0.4, 0.5) is 16.2 Å². The summed E-state index contributed by atoms with van der Waals surface area (Å²) in [7, 11) is -3.24. The summed E-state index contributed by atoms with van der Waals surface area (Å²) in [6.07, 6.45) is 0.615. The molecule has 154 valence electrons. The molecule has 1 saturated heterocycles. The number of anilines is 2. The number of nitrogens with two attached hydrogens (primary N) is 1. The molecule has 1 fully saturated rings. The molecule has 1 aliphatic heterocycles. The molecule has 1 atom stereocenters. The standard InChI is InChI=1S/C20H24N4O4S/c1-14-5-2-3-6-17(14)18(23-20(21)26)13-19(25)22-15-7-9-16(10-8-15)24-11-4-12-29(24,27)28/h2-3,5-10,18H,4,11-13H2,1H3,(H,22,25)(H3,21,23,26). The first-order valence-electron chi connectivity index (χ1n) is 9.28. The van der Waals surface area contributed by atoms with E-state index in [1.807, 2.05) is 31.2 Å². The van der Waals surface area contributed by atoms with Crippen LogP contribution in [0, 0.1) is 6.92 Å². The number of urea groups is 1. The van der Waals surface area contributed by atoms with Crippen LogP contribution in [-0.2, 0) is 14.8 Å². The highest BCUT2D eigenvalue weighted by Gasteiger charge is 2.28. The van der Waals surface area contributed by atoms with E-state index in [-0.39, 0.29) is 18.1 Å². The predicted octanol–water partition coefficient (Wildman–Crippen LogP) is 2.27. The summed E-state index contributed by atoms with van der Waals surface area (Å²) in [6, 6.07) is 12.8. The van der Waals surface area contributed by atoms with Crippen LogP contribution in [0.25, 0.3) is 0 Å². The fourth-order valence-corrected chi connectivity index (χ4v) is 4.99. The van der Waals surface area contributed by atoms with E-state index in [1.165, 1.54) is 4.31 Å². The van der Waals surface area contributed by atoms with Crippen LogP contribution in [0.2, 0.25) is 0 Å². The molecule has 4 N–H and O–H groups in total.